The van der Waals surface area contributed by atoms with Crippen LogP contribution in [0.5, 0.6) is 0 Å². The predicted molar refractivity (Wildman–Crippen MR) is 77.2 cm³/mol. The van der Waals surface area contributed by atoms with E-state index in [1.165, 1.54) is 11.3 Å². The Hall–Kier alpha value is -1.88. The molecule has 0 saturated carbocycles. The molecule has 3 N–H and O–H groups in total. The Balaban J connectivity index is 1.92. The van der Waals surface area contributed by atoms with Crippen molar-refractivity contribution in [3.8, 4) is 0 Å². The summed E-state index contributed by atoms with van der Waals surface area (Å²) in [6.45, 7) is 3.77. The molecular weight excluding hydrogens is 238 g/mol. The molecule has 100 valence electrons. The maximum absolute atomic E-state index is 5.50. The number of nitrogens with two attached hydrogens (primary N) is 1. The normalized spacial score (nSPS) is 19.4. The zero-order valence-electron chi connectivity index (χ0n) is 11.0. The lowest BCUT2D eigenvalue weighted by atomic mass is 10.1. The topological polar surface area (TPSA) is 66.5 Å². The van der Waals surface area contributed by atoms with Crippen LogP contribution in [0, 0.1) is 0 Å². The number of rotatable bonds is 2. The summed E-state index contributed by atoms with van der Waals surface area (Å²) in [5.74, 6) is 0.930. The minimum atomic E-state index is 0.871. The number of nitrogens with zero attached hydrogens (tertiary/aromatic N) is 3. The van der Waals surface area contributed by atoms with E-state index in [0.29, 0.717) is 0 Å². The van der Waals surface area contributed by atoms with Gasteiger partial charge in [0.05, 0.1) is 11.9 Å². The first kappa shape index (κ1) is 12.2. The number of nitrogens with one attached hydrogen (secondary N) is 1. The van der Waals surface area contributed by atoms with Gasteiger partial charge in [-0.15, -0.1) is 0 Å². The van der Waals surface area contributed by atoms with Crippen LogP contribution in [0.3, 0.4) is 0 Å². The molecule has 0 aromatic carbocycles. The van der Waals surface area contributed by atoms with Crippen LogP contribution < -0.4 is 16.0 Å². The molecule has 0 radical (unpaired) electrons. The summed E-state index contributed by atoms with van der Waals surface area (Å²) in [6.07, 6.45) is 7.44. The molecule has 5 heteroatoms. The second-order valence-electron chi connectivity index (χ2n) is 4.83. The maximum Gasteiger partial charge on any atom is 0.129 e. The molecule has 0 unspecified atom stereocenters. The standard InChI is InChI=1S/C14H19N5/c15-4-2-14-17-5-1-7-19(14)12-8-11-9-16-6-3-13(11)18-10-12/h2,4,8,10,16H,1,3,5-7,9,15H2/b4-2-. The third-order valence-corrected chi connectivity index (χ3v) is 3.55. The first-order chi connectivity index (χ1) is 9.38. The highest BCUT2D eigenvalue weighted by atomic mass is 15.2. The lowest BCUT2D eigenvalue weighted by molar-refractivity contribution is 0.630. The van der Waals surface area contributed by atoms with Crippen molar-refractivity contribution >= 4 is 11.5 Å². The average Bonchev–Trinajstić information content (AvgIpc) is 2.48. The van der Waals surface area contributed by atoms with Gasteiger partial charge in [-0.1, -0.05) is 0 Å². The Kier molecular flexibility index (Phi) is 3.46. The summed E-state index contributed by atoms with van der Waals surface area (Å²) < 4.78 is 0. The van der Waals surface area contributed by atoms with Gasteiger partial charge in [0.1, 0.15) is 5.84 Å². The largest absolute Gasteiger partial charge is 0.404 e. The van der Waals surface area contributed by atoms with Gasteiger partial charge in [0, 0.05) is 38.3 Å². The van der Waals surface area contributed by atoms with Crippen LogP contribution in [0.2, 0.25) is 0 Å². The number of aliphatic imine (C=N–C) groups is 1. The van der Waals surface area contributed by atoms with Gasteiger partial charge < -0.3 is 16.0 Å². The second-order valence-corrected chi connectivity index (χ2v) is 4.83. The number of hydrogen-bond donors (Lipinski definition) is 2. The van der Waals surface area contributed by atoms with E-state index in [1.807, 2.05) is 12.3 Å². The maximum atomic E-state index is 5.50. The molecule has 1 aromatic heterocycles. The predicted octanol–water partition coefficient (Wildman–Crippen LogP) is 0.808. The summed E-state index contributed by atoms with van der Waals surface area (Å²) in [6, 6.07) is 2.22. The van der Waals surface area contributed by atoms with E-state index >= 15 is 0 Å². The van der Waals surface area contributed by atoms with E-state index in [4.69, 9.17) is 5.73 Å². The van der Waals surface area contributed by atoms with Crippen LogP contribution in [0.1, 0.15) is 17.7 Å². The molecule has 0 bridgehead atoms. The van der Waals surface area contributed by atoms with E-state index in [0.717, 1.165) is 50.5 Å². The molecule has 0 saturated heterocycles. The van der Waals surface area contributed by atoms with E-state index in [1.54, 1.807) is 6.20 Å². The molecule has 0 spiro atoms. The zero-order chi connectivity index (χ0) is 13.1. The zero-order valence-corrected chi connectivity index (χ0v) is 11.0. The van der Waals surface area contributed by atoms with Gasteiger partial charge in [-0.3, -0.25) is 9.98 Å². The Morgan fingerprint density at radius 1 is 1.42 bits per heavy atom. The number of pyridine rings is 1. The van der Waals surface area contributed by atoms with Crippen LogP contribution >= 0.6 is 0 Å². The van der Waals surface area contributed by atoms with E-state index in [9.17, 15) is 0 Å². The highest BCUT2D eigenvalue weighted by molar-refractivity contribution is 6.06. The third kappa shape index (κ3) is 2.46. The van der Waals surface area contributed by atoms with Crippen LogP contribution in [0.15, 0.2) is 29.5 Å². The average molecular weight is 257 g/mol. The van der Waals surface area contributed by atoms with Gasteiger partial charge in [-0.05, 0) is 30.3 Å². The number of aromatic nitrogens is 1. The molecule has 5 nitrogen and oxygen atoms in total. The molecule has 3 heterocycles. The Morgan fingerprint density at radius 2 is 2.37 bits per heavy atom. The van der Waals surface area contributed by atoms with Crippen LogP contribution in [-0.2, 0) is 13.0 Å². The highest BCUT2D eigenvalue weighted by Crippen LogP contribution is 2.22. The highest BCUT2D eigenvalue weighted by Gasteiger charge is 2.18. The van der Waals surface area contributed by atoms with E-state index in [-0.39, 0.29) is 0 Å². The minimum absolute atomic E-state index is 0.871. The fourth-order valence-corrected chi connectivity index (χ4v) is 2.59. The molecule has 2 aliphatic heterocycles. The minimum Gasteiger partial charge on any atom is -0.404 e. The molecule has 2 aliphatic rings. The fourth-order valence-electron chi connectivity index (χ4n) is 2.59. The summed E-state index contributed by atoms with van der Waals surface area (Å²) in [5, 5.41) is 3.38. The van der Waals surface area contributed by atoms with Crippen molar-refractivity contribution in [3.05, 3.63) is 35.8 Å². The van der Waals surface area contributed by atoms with Crippen molar-refractivity contribution in [2.45, 2.75) is 19.4 Å². The Labute approximate surface area is 113 Å². The van der Waals surface area contributed by atoms with Gasteiger partial charge in [0.15, 0.2) is 0 Å². The first-order valence-electron chi connectivity index (χ1n) is 6.77. The summed E-state index contributed by atoms with van der Waals surface area (Å²) in [5.41, 5.74) is 9.12. The van der Waals surface area contributed by atoms with Crippen LogP contribution in [-0.4, -0.2) is 30.5 Å². The van der Waals surface area contributed by atoms with Crippen molar-refractivity contribution in [3.63, 3.8) is 0 Å². The van der Waals surface area contributed by atoms with Crippen LogP contribution in [0.4, 0.5) is 5.69 Å². The second kappa shape index (κ2) is 5.40. The van der Waals surface area contributed by atoms with E-state index in [2.05, 4.69) is 26.3 Å². The number of fused-ring (bicyclic) bond motifs is 1. The summed E-state index contributed by atoms with van der Waals surface area (Å²) in [4.78, 5) is 11.3. The monoisotopic (exact) mass is 257 g/mol. The molecule has 1 aromatic rings. The number of hydrogen-bond acceptors (Lipinski definition) is 5. The van der Waals surface area contributed by atoms with Gasteiger partial charge in [-0.2, -0.15) is 0 Å². The van der Waals surface area contributed by atoms with Gasteiger partial charge in [0.2, 0.25) is 0 Å². The van der Waals surface area contributed by atoms with Crippen molar-refractivity contribution in [1.29, 1.82) is 0 Å². The van der Waals surface area contributed by atoms with Gasteiger partial charge in [0.25, 0.3) is 0 Å². The molecule has 19 heavy (non-hydrogen) atoms. The lowest BCUT2D eigenvalue weighted by Crippen LogP contribution is -2.35. The van der Waals surface area contributed by atoms with Crippen molar-refractivity contribution in [2.24, 2.45) is 10.7 Å². The Bertz CT molecular complexity index is 521. The molecule has 0 amide bonds. The number of amidine groups is 1. The molecular formula is C14H19N5. The SMILES string of the molecule is N/C=C\C1=NCCCN1c1cnc2c(c1)CNCC2. The Morgan fingerprint density at radius 3 is 3.26 bits per heavy atom. The van der Waals surface area contributed by atoms with Gasteiger partial charge in [-0.25, -0.2) is 0 Å². The van der Waals surface area contributed by atoms with Crippen molar-refractivity contribution < 1.29 is 0 Å². The molecule has 3 rings (SSSR count). The quantitative estimate of drug-likeness (QED) is 0.823. The third-order valence-electron chi connectivity index (χ3n) is 3.55. The lowest BCUT2D eigenvalue weighted by Gasteiger charge is -2.29. The van der Waals surface area contributed by atoms with Crippen molar-refractivity contribution in [2.75, 3.05) is 24.5 Å². The van der Waals surface area contributed by atoms with Crippen LogP contribution in [0.25, 0.3) is 0 Å². The molecule has 0 atom stereocenters. The fraction of sp³-hybridized carbons (Fsp3) is 0.429. The molecule has 0 aliphatic carbocycles. The van der Waals surface area contributed by atoms with Crippen molar-refractivity contribution in [1.82, 2.24) is 10.3 Å². The summed E-state index contributed by atoms with van der Waals surface area (Å²) in [7, 11) is 0. The summed E-state index contributed by atoms with van der Waals surface area (Å²) >= 11 is 0. The molecule has 0 fully saturated rings. The number of anilines is 1. The smallest absolute Gasteiger partial charge is 0.129 e. The van der Waals surface area contributed by atoms with Gasteiger partial charge >= 0.3 is 0 Å². The first-order valence-corrected chi connectivity index (χ1v) is 6.77. The van der Waals surface area contributed by atoms with E-state index < -0.39 is 0 Å².